The molecule has 0 bridgehead atoms. The van der Waals surface area contributed by atoms with Gasteiger partial charge in [0.1, 0.15) is 13.2 Å². The first-order valence-electron chi connectivity index (χ1n) is 19.2. The van der Waals surface area contributed by atoms with Crippen LogP contribution in [0.4, 0.5) is 0 Å². The predicted octanol–water partition coefficient (Wildman–Crippen LogP) is 9.23. The molecule has 0 amide bonds. The molecule has 7 heteroatoms. The molecule has 264 valence electrons. The quantitative estimate of drug-likeness (QED) is 0.174. The van der Waals surface area contributed by atoms with Gasteiger partial charge in [0.15, 0.2) is 0 Å². The van der Waals surface area contributed by atoms with Crippen LogP contribution in [-0.2, 0) is 19.1 Å². The lowest BCUT2D eigenvalue weighted by molar-refractivity contribution is -0.165. The smallest absolute Gasteiger partial charge is 0.312 e. The zero-order chi connectivity index (χ0) is 31.7. The van der Waals surface area contributed by atoms with Crippen LogP contribution in [0.3, 0.4) is 0 Å². The van der Waals surface area contributed by atoms with Gasteiger partial charge in [-0.15, -0.1) is 12.4 Å². The van der Waals surface area contributed by atoms with E-state index in [9.17, 15) is 9.59 Å². The Morgan fingerprint density at radius 3 is 1.09 bits per heavy atom. The van der Waals surface area contributed by atoms with Gasteiger partial charge in [0.25, 0.3) is 0 Å². The van der Waals surface area contributed by atoms with Crippen LogP contribution in [0, 0.1) is 22.7 Å². The fourth-order valence-corrected chi connectivity index (χ4v) is 9.14. The van der Waals surface area contributed by atoms with E-state index in [2.05, 4.69) is 37.5 Å². The molecule has 6 nitrogen and oxygen atoms in total. The van der Waals surface area contributed by atoms with Crippen molar-refractivity contribution in [3.05, 3.63) is 0 Å². The SMILES string of the molecule is CCN(CC)CCOC(=O)C1(C2CCCCC2)CCCCC1.CCN(CC)CCOC(=O)C1(C2CCCCC2)CCCCC1.Cl. The third kappa shape index (κ3) is 11.7. The first-order valence-corrected chi connectivity index (χ1v) is 19.2. The first-order chi connectivity index (χ1) is 21.5. The molecular weight excluding hydrogens is 584 g/mol. The minimum Gasteiger partial charge on any atom is -0.464 e. The third-order valence-electron chi connectivity index (χ3n) is 12.1. The van der Waals surface area contributed by atoms with Crippen LogP contribution in [0.15, 0.2) is 0 Å². The molecule has 0 atom stereocenters. The molecular formula is C38H71ClN2O4. The second-order valence-electron chi connectivity index (χ2n) is 14.4. The highest BCUT2D eigenvalue weighted by atomic mass is 35.5. The van der Waals surface area contributed by atoms with E-state index in [0.717, 1.165) is 65.0 Å². The van der Waals surface area contributed by atoms with Crippen LogP contribution < -0.4 is 0 Å². The molecule has 0 spiro atoms. The molecule has 0 heterocycles. The van der Waals surface area contributed by atoms with Crippen LogP contribution in [0.2, 0.25) is 0 Å². The number of likely N-dealkylation sites (N-methyl/N-ethyl adjacent to an activating group) is 2. The van der Waals surface area contributed by atoms with Crippen LogP contribution in [0.1, 0.15) is 156 Å². The van der Waals surface area contributed by atoms with Gasteiger partial charge in [0.2, 0.25) is 0 Å². The van der Waals surface area contributed by atoms with E-state index < -0.39 is 0 Å². The summed E-state index contributed by atoms with van der Waals surface area (Å²) >= 11 is 0. The number of carbonyl (C=O) groups excluding carboxylic acids is 2. The van der Waals surface area contributed by atoms with Crippen molar-refractivity contribution >= 4 is 24.3 Å². The van der Waals surface area contributed by atoms with Gasteiger partial charge in [-0.3, -0.25) is 9.59 Å². The van der Waals surface area contributed by atoms with Crippen LogP contribution in [0.25, 0.3) is 0 Å². The summed E-state index contributed by atoms with van der Waals surface area (Å²) in [4.78, 5) is 30.5. The second-order valence-corrected chi connectivity index (χ2v) is 14.4. The van der Waals surface area contributed by atoms with Crippen LogP contribution >= 0.6 is 12.4 Å². The minimum absolute atomic E-state index is 0. The van der Waals surface area contributed by atoms with Gasteiger partial charge in [0, 0.05) is 13.1 Å². The monoisotopic (exact) mass is 655 g/mol. The van der Waals surface area contributed by atoms with Crippen molar-refractivity contribution in [1.29, 1.82) is 0 Å². The van der Waals surface area contributed by atoms with E-state index >= 15 is 0 Å². The average Bonchev–Trinajstić information content (AvgIpc) is 3.10. The van der Waals surface area contributed by atoms with Gasteiger partial charge in [-0.25, -0.2) is 0 Å². The highest BCUT2D eigenvalue weighted by Gasteiger charge is 2.48. The molecule has 4 saturated carbocycles. The minimum atomic E-state index is -0.137. The molecule has 0 aromatic carbocycles. The molecule has 0 radical (unpaired) electrons. The first kappa shape index (κ1) is 40.3. The second kappa shape index (κ2) is 21.9. The van der Waals surface area contributed by atoms with E-state index in [1.165, 1.54) is 103 Å². The number of rotatable bonds is 14. The Labute approximate surface area is 283 Å². The molecule has 0 aromatic heterocycles. The average molecular weight is 655 g/mol. The van der Waals surface area contributed by atoms with Gasteiger partial charge in [-0.1, -0.05) is 105 Å². The standard InChI is InChI=1S/2C19H35NO2.ClH/c2*1-3-20(4-2)15-16-22-18(21)19(13-9-6-10-14-19)17-11-7-5-8-12-17;/h2*17H,3-16H2,1-2H3;1H. The Morgan fingerprint density at radius 2 is 0.800 bits per heavy atom. The fraction of sp³-hybridized carbons (Fsp3) is 0.947. The number of nitrogens with zero attached hydrogens (tertiary/aromatic N) is 2. The molecule has 0 saturated heterocycles. The molecule has 45 heavy (non-hydrogen) atoms. The third-order valence-corrected chi connectivity index (χ3v) is 12.1. The van der Waals surface area contributed by atoms with Gasteiger partial charge >= 0.3 is 11.9 Å². The summed E-state index contributed by atoms with van der Waals surface area (Å²) < 4.78 is 11.6. The van der Waals surface area contributed by atoms with Crippen molar-refractivity contribution < 1.29 is 19.1 Å². The van der Waals surface area contributed by atoms with Crippen molar-refractivity contribution in [1.82, 2.24) is 9.80 Å². The molecule has 4 fully saturated rings. The summed E-state index contributed by atoms with van der Waals surface area (Å²) in [6.45, 7) is 15.6. The van der Waals surface area contributed by atoms with E-state index in [4.69, 9.17) is 9.47 Å². The van der Waals surface area contributed by atoms with Gasteiger partial charge in [-0.2, -0.15) is 0 Å². The molecule has 0 aromatic rings. The summed E-state index contributed by atoms with van der Waals surface area (Å²) in [5.41, 5.74) is -0.274. The molecule has 0 unspecified atom stereocenters. The zero-order valence-electron chi connectivity index (χ0n) is 29.9. The Hall–Kier alpha value is -0.850. The number of hydrogen-bond acceptors (Lipinski definition) is 6. The number of esters is 2. The maximum Gasteiger partial charge on any atom is 0.312 e. The van der Waals surface area contributed by atoms with Crippen LogP contribution in [-0.4, -0.2) is 74.2 Å². The van der Waals surface area contributed by atoms with E-state index in [1.807, 2.05) is 0 Å². The summed E-state index contributed by atoms with van der Waals surface area (Å²) in [7, 11) is 0. The highest BCUT2D eigenvalue weighted by molar-refractivity contribution is 5.85. The lowest BCUT2D eigenvalue weighted by Gasteiger charge is -2.43. The summed E-state index contributed by atoms with van der Waals surface area (Å²) in [5, 5.41) is 0. The molecule has 4 rings (SSSR count). The lowest BCUT2D eigenvalue weighted by atomic mass is 9.62. The van der Waals surface area contributed by atoms with Gasteiger partial charge in [0.05, 0.1) is 10.8 Å². The Kier molecular flexibility index (Phi) is 19.6. The van der Waals surface area contributed by atoms with Crippen molar-refractivity contribution in [2.24, 2.45) is 22.7 Å². The van der Waals surface area contributed by atoms with E-state index in [1.54, 1.807) is 0 Å². The van der Waals surface area contributed by atoms with E-state index in [-0.39, 0.29) is 35.2 Å². The summed E-state index contributed by atoms with van der Waals surface area (Å²) in [5.74, 6) is 1.43. The number of carbonyl (C=O) groups is 2. The Balaban J connectivity index is 0.000000307. The molecule has 4 aliphatic rings. The summed E-state index contributed by atoms with van der Waals surface area (Å²) in [6, 6.07) is 0. The maximum absolute atomic E-state index is 12.9. The summed E-state index contributed by atoms with van der Waals surface area (Å²) in [6.07, 6.45) is 24.6. The van der Waals surface area contributed by atoms with Crippen molar-refractivity contribution in [2.75, 3.05) is 52.5 Å². The topological polar surface area (TPSA) is 59.1 Å². The predicted molar refractivity (Wildman–Crippen MR) is 189 cm³/mol. The Morgan fingerprint density at radius 1 is 0.511 bits per heavy atom. The molecule has 0 aliphatic heterocycles. The number of hydrogen-bond donors (Lipinski definition) is 0. The maximum atomic E-state index is 12.9. The van der Waals surface area contributed by atoms with Gasteiger partial charge in [-0.05, 0) is 89.4 Å². The van der Waals surface area contributed by atoms with Gasteiger partial charge < -0.3 is 19.3 Å². The van der Waals surface area contributed by atoms with Crippen LogP contribution in [0.5, 0.6) is 0 Å². The molecule has 4 aliphatic carbocycles. The van der Waals surface area contributed by atoms with Crippen molar-refractivity contribution in [3.8, 4) is 0 Å². The van der Waals surface area contributed by atoms with Crippen molar-refractivity contribution in [2.45, 2.75) is 156 Å². The fourth-order valence-electron chi connectivity index (χ4n) is 9.14. The highest BCUT2D eigenvalue weighted by Crippen LogP contribution is 2.50. The normalized spacial score (nSPS) is 22.2. The molecule has 0 N–H and O–H groups in total. The number of halogens is 1. The van der Waals surface area contributed by atoms with Crippen molar-refractivity contribution in [3.63, 3.8) is 0 Å². The lowest BCUT2D eigenvalue weighted by Crippen LogP contribution is -2.43. The largest absolute Gasteiger partial charge is 0.464 e. The van der Waals surface area contributed by atoms with E-state index in [0.29, 0.717) is 25.0 Å². The zero-order valence-corrected chi connectivity index (χ0v) is 30.7. The Bertz CT molecular complexity index is 726. The number of ether oxygens (including phenoxy) is 2.